The number of aliphatic carboxylic acids is 1. The number of hydrogen-bond donors (Lipinski definition) is 1. The summed E-state index contributed by atoms with van der Waals surface area (Å²) in [6.07, 6.45) is 10.4. The first-order chi connectivity index (χ1) is 8.68. The van der Waals surface area contributed by atoms with Crippen LogP contribution in [0.4, 0.5) is 0 Å². The van der Waals surface area contributed by atoms with Crippen molar-refractivity contribution in [3.8, 4) is 0 Å². The fourth-order valence-electron chi connectivity index (χ4n) is 2.94. The predicted molar refractivity (Wildman–Crippen MR) is 69.6 cm³/mol. The Kier molecular flexibility index (Phi) is 4.39. The van der Waals surface area contributed by atoms with Crippen LogP contribution in [0.1, 0.15) is 62.1 Å². The van der Waals surface area contributed by atoms with Crippen LogP contribution in [-0.2, 0) is 18.3 Å². The van der Waals surface area contributed by atoms with Crippen LogP contribution in [0.25, 0.3) is 0 Å². The molecule has 2 rings (SSSR count). The van der Waals surface area contributed by atoms with Gasteiger partial charge >= 0.3 is 5.97 Å². The highest BCUT2D eigenvalue weighted by molar-refractivity contribution is 5.67. The fraction of sp³-hybridized carbons (Fsp3) is 0.714. The Bertz CT molecular complexity index is 404. The molecule has 1 heterocycles. The molecule has 1 aliphatic rings. The summed E-state index contributed by atoms with van der Waals surface area (Å²) in [7, 11) is 1.91. The van der Waals surface area contributed by atoms with Gasteiger partial charge in [0.2, 0.25) is 0 Å². The number of rotatable bonds is 4. The molecule has 1 aliphatic carbocycles. The van der Waals surface area contributed by atoms with Crippen molar-refractivity contribution in [2.75, 3.05) is 0 Å². The lowest BCUT2D eigenvalue weighted by atomic mass is 9.91. The lowest BCUT2D eigenvalue weighted by Crippen LogP contribution is -2.07. The molecule has 4 heteroatoms. The highest BCUT2D eigenvalue weighted by atomic mass is 16.4. The van der Waals surface area contributed by atoms with Crippen molar-refractivity contribution in [3.05, 3.63) is 17.5 Å². The number of carboxylic acid groups (broad SMARTS) is 1. The minimum Gasteiger partial charge on any atom is -0.481 e. The summed E-state index contributed by atoms with van der Waals surface area (Å²) in [5.41, 5.74) is 2.41. The van der Waals surface area contributed by atoms with E-state index in [0.29, 0.717) is 12.3 Å². The maximum atomic E-state index is 10.7. The molecule has 18 heavy (non-hydrogen) atoms. The standard InChI is InChI=1S/C14H22N2O2/c1-16-13(8-9-14(17)18)12(10-15-16)11-6-4-2-3-5-7-11/h10-11H,2-9H2,1H3,(H,17,18). The van der Waals surface area contributed by atoms with Crippen molar-refractivity contribution in [3.63, 3.8) is 0 Å². The maximum Gasteiger partial charge on any atom is 0.303 e. The minimum absolute atomic E-state index is 0.194. The van der Waals surface area contributed by atoms with Gasteiger partial charge in [-0.3, -0.25) is 9.48 Å². The maximum absolute atomic E-state index is 10.7. The van der Waals surface area contributed by atoms with Gasteiger partial charge < -0.3 is 5.11 Å². The van der Waals surface area contributed by atoms with Gasteiger partial charge in [-0.15, -0.1) is 0 Å². The summed E-state index contributed by atoms with van der Waals surface area (Å²) in [6.45, 7) is 0. The lowest BCUT2D eigenvalue weighted by molar-refractivity contribution is -0.136. The first-order valence-corrected chi connectivity index (χ1v) is 6.91. The van der Waals surface area contributed by atoms with E-state index < -0.39 is 5.97 Å². The molecule has 1 aromatic heterocycles. The van der Waals surface area contributed by atoms with E-state index in [4.69, 9.17) is 5.11 Å². The zero-order chi connectivity index (χ0) is 13.0. The number of carboxylic acids is 1. The Labute approximate surface area is 108 Å². The van der Waals surface area contributed by atoms with E-state index in [9.17, 15) is 4.79 Å². The van der Waals surface area contributed by atoms with Gasteiger partial charge in [-0.2, -0.15) is 5.10 Å². The smallest absolute Gasteiger partial charge is 0.303 e. The van der Waals surface area contributed by atoms with Crippen molar-refractivity contribution in [2.45, 2.75) is 57.3 Å². The average Bonchev–Trinajstić information content (AvgIpc) is 2.56. The molecule has 0 amide bonds. The number of aromatic nitrogens is 2. The van der Waals surface area contributed by atoms with Crippen LogP contribution in [0.5, 0.6) is 0 Å². The van der Waals surface area contributed by atoms with Crippen molar-refractivity contribution in [1.82, 2.24) is 9.78 Å². The van der Waals surface area contributed by atoms with Gasteiger partial charge in [0.05, 0.1) is 12.6 Å². The van der Waals surface area contributed by atoms with Crippen molar-refractivity contribution < 1.29 is 9.90 Å². The van der Waals surface area contributed by atoms with Gasteiger partial charge in [0.15, 0.2) is 0 Å². The monoisotopic (exact) mass is 250 g/mol. The summed E-state index contributed by atoms with van der Waals surface area (Å²) < 4.78 is 1.85. The number of carbonyl (C=O) groups is 1. The third kappa shape index (κ3) is 3.12. The molecule has 1 saturated carbocycles. The Morgan fingerprint density at radius 2 is 2.06 bits per heavy atom. The molecule has 0 atom stereocenters. The molecule has 0 radical (unpaired) electrons. The van der Waals surface area contributed by atoms with Crippen LogP contribution in [0.15, 0.2) is 6.20 Å². The Morgan fingerprint density at radius 1 is 1.39 bits per heavy atom. The van der Waals surface area contributed by atoms with E-state index in [1.807, 2.05) is 17.9 Å². The first-order valence-electron chi connectivity index (χ1n) is 6.91. The van der Waals surface area contributed by atoms with Crippen LogP contribution in [0.2, 0.25) is 0 Å². The topological polar surface area (TPSA) is 55.1 Å². The SMILES string of the molecule is Cn1ncc(C2CCCCCC2)c1CCC(=O)O. The summed E-state index contributed by atoms with van der Waals surface area (Å²) in [4.78, 5) is 10.7. The van der Waals surface area contributed by atoms with E-state index >= 15 is 0 Å². The second kappa shape index (κ2) is 6.03. The van der Waals surface area contributed by atoms with Gasteiger partial charge in [-0.05, 0) is 24.3 Å². The Morgan fingerprint density at radius 3 is 2.67 bits per heavy atom. The number of aryl methyl sites for hydroxylation is 1. The molecule has 1 aromatic rings. The Hall–Kier alpha value is -1.32. The van der Waals surface area contributed by atoms with E-state index in [2.05, 4.69) is 5.10 Å². The number of nitrogens with zero attached hydrogens (tertiary/aromatic N) is 2. The fourth-order valence-corrected chi connectivity index (χ4v) is 2.94. The first kappa shape index (κ1) is 13.1. The molecule has 0 saturated heterocycles. The minimum atomic E-state index is -0.733. The molecule has 0 unspecified atom stereocenters. The summed E-state index contributed by atoms with van der Waals surface area (Å²) in [5, 5.41) is 13.1. The highest BCUT2D eigenvalue weighted by Crippen LogP contribution is 2.33. The third-order valence-electron chi connectivity index (χ3n) is 3.96. The molecular formula is C14H22N2O2. The zero-order valence-electron chi connectivity index (χ0n) is 11.1. The van der Waals surface area contributed by atoms with Gasteiger partial charge in [-0.25, -0.2) is 0 Å². The quantitative estimate of drug-likeness (QED) is 0.836. The van der Waals surface area contributed by atoms with E-state index in [0.717, 1.165) is 5.69 Å². The largest absolute Gasteiger partial charge is 0.481 e. The van der Waals surface area contributed by atoms with Crippen molar-refractivity contribution in [2.24, 2.45) is 7.05 Å². The molecule has 4 nitrogen and oxygen atoms in total. The molecule has 1 N–H and O–H groups in total. The second-order valence-corrected chi connectivity index (χ2v) is 5.25. The van der Waals surface area contributed by atoms with Crippen LogP contribution in [0, 0.1) is 0 Å². The molecular weight excluding hydrogens is 228 g/mol. The van der Waals surface area contributed by atoms with Crippen LogP contribution in [-0.4, -0.2) is 20.9 Å². The molecule has 0 aromatic carbocycles. The van der Waals surface area contributed by atoms with Gasteiger partial charge in [-0.1, -0.05) is 25.7 Å². The summed E-state index contributed by atoms with van der Waals surface area (Å²) >= 11 is 0. The normalized spacial score (nSPS) is 17.6. The average molecular weight is 250 g/mol. The van der Waals surface area contributed by atoms with E-state index in [-0.39, 0.29) is 6.42 Å². The molecule has 100 valence electrons. The van der Waals surface area contributed by atoms with E-state index in [1.54, 1.807) is 0 Å². The van der Waals surface area contributed by atoms with Crippen LogP contribution < -0.4 is 0 Å². The highest BCUT2D eigenvalue weighted by Gasteiger charge is 2.20. The number of hydrogen-bond acceptors (Lipinski definition) is 2. The van der Waals surface area contributed by atoms with Gasteiger partial charge in [0.25, 0.3) is 0 Å². The van der Waals surface area contributed by atoms with E-state index in [1.165, 1.54) is 44.1 Å². The van der Waals surface area contributed by atoms with Gasteiger partial charge in [0.1, 0.15) is 0 Å². The molecule has 0 bridgehead atoms. The summed E-state index contributed by atoms with van der Waals surface area (Å²) in [6, 6.07) is 0. The van der Waals surface area contributed by atoms with Gasteiger partial charge in [0, 0.05) is 19.2 Å². The molecule has 1 fully saturated rings. The zero-order valence-corrected chi connectivity index (χ0v) is 11.1. The second-order valence-electron chi connectivity index (χ2n) is 5.25. The van der Waals surface area contributed by atoms with Crippen molar-refractivity contribution in [1.29, 1.82) is 0 Å². The summed E-state index contributed by atoms with van der Waals surface area (Å²) in [5.74, 6) is -0.145. The predicted octanol–water partition coefficient (Wildman–Crippen LogP) is 2.88. The third-order valence-corrected chi connectivity index (χ3v) is 3.96. The molecule has 0 aliphatic heterocycles. The van der Waals surface area contributed by atoms with Crippen LogP contribution >= 0.6 is 0 Å². The van der Waals surface area contributed by atoms with Crippen molar-refractivity contribution >= 4 is 5.97 Å². The lowest BCUT2D eigenvalue weighted by Gasteiger charge is -2.15. The molecule has 0 spiro atoms. The Balaban J connectivity index is 2.13. The van der Waals surface area contributed by atoms with Crippen LogP contribution in [0.3, 0.4) is 0 Å².